The van der Waals surface area contributed by atoms with Crippen molar-refractivity contribution in [2.45, 2.75) is 36.8 Å². The molecule has 2 heterocycles. The molecule has 3 rings (SSSR count). The number of anilines is 1. The highest BCUT2D eigenvalue weighted by molar-refractivity contribution is 14.1. The summed E-state index contributed by atoms with van der Waals surface area (Å²) in [6.45, 7) is 4.63. The molecule has 0 bridgehead atoms. The van der Waals surface area contributed by atoms with E-state index in [0.29, 0.717) is 25.3 Å². The number of ether oxygens (including phenoxy) is 2. The highest BCUT2D eigenvalue weighted by Gasteiger charge is 2.49. The number of hydrogen-bond acceptors (Lipinski definition) is 6. The Balaban J connectivity index is 2.00. The molecule has 0 saturated heterocycles. The lowest BCUT2D eigenvalue weighted by Crippen LogP contribution is -2.64. The first-order valence-corrected chi connectivity index (χ1v) is 11.9. The van der Waals surface area contributed by atoms with Gasteiger partial charge >= 0.3 is 5.97 Å². The van der Waals surface area contributed by atoms with E-state index >= 15 is 0 Å². The number of amides is 2. The van der Waals surface area contributed by atoms with Gasteiger partial charge in [-0.2, -0.15) is 5.10 Å². The van der Waals surface area contributed by atoms with Crippen LogP contribution in [0.4, 0.5) is 5.69 Å². The van der Waals surface area contributed by atoms with E-state index in [1.807, 2.05) is 24.3 Å². The molecule has 2 amide bonds. The van der Waals surface area contributed by atoms with Gasteiger partial charge in [-0.15, -0.1) is 0 Å². The predicted octanol–water partition coefficient (Wildman–Crippen LogP) is 2.57. The summed E-state index contributed by atoms with van der Waals surface area (Å²) >= 11 is 2.27. The normalized spacial score (nSPS) is 17.8. The van der Waals surface area contributed by atoms with Gasteiger partial charge in [0, 0.05) is 36.4 Å². The second kappa shape index (κ2) is 10.4. The van der Waals surface area contributed by atoms with Gasteiger partial charge in [-0.1, -0.05) is 34.7 Å². The summed E-state index contributed by atoms with van der Waals surface area (Å²) in [4.78, 5) is 40.5. The molecular weight excluding hydrogens is 527 g/mol. The van der Waals surface area contributed by atoms with Crippen LogP contribution in [0.15, 0.2) is 30.3 Å². The minimum Gasteiger partial charge on any atom is -0.461 e. The molecule has 1 aliphatic heterocycles. The van der Waals surface area contributed by atoms with Crippen LogP contribution in [0.1, 0.15) is 46.8 Å². The molecule has 1 aliphatic rings. The zero-order valence-electron chi connectivity index (χ0n) is 18.4. The molecule has 2 aromatic rings. The van der Waals surface area contributed by atoms with Gasteiger partial charge < -0.3 is 14.8 Å². The maximum Gasteiger partial charge on any atom is 0.358 e. The van der Waals surface area contributed by atoms with E-state index in [2.05, 4.69) is 33.0 Å². The number of alkyl halides is 1. The van der Waals surface area contributed by atoms with E-state index in [9.17, 15) is 14.4 Å². The second-order valence-electron chi connectivity index (χ2n) is 7.61. The fraction of sp³-hybridized carbons (Fsp3) is 0.455. The van der Waals surface area contributed by atoms with Gasteiger partial charge in [0.05, 0.1) is 13.2 Å². The van der Waals surface area contributed by atoms with E-state index in [4.69, 9.17) is 9.47 Å². The van der Waals surface area contributed by atoms with Crippen molar-refractivity contribution in [3.8, 4) is 0 Å². The van der Waals surface area contributed by atoms with Crippen molar-refractivity contribution in [3.05, 3.63) is 47.3 Å². The molecule has 1 aromatic carbocycles. The van der Waals surface area contributed by atoms with Crippen LogP contribution in [0.3, 0.4) is 0 Å². The number of carbonyl (C=O) groups excluding carboxylic acids is 3. The molecule has 1 N–H and O–H groups in total. The third-order valence-electron chi connectivity index (χ3n) is 5.29. The van der Waals surface area contributed by atoms with E-state index in [1.54, 1.807) is 21.0 Å². The first kappa shape index (κ1) is 24.2. The topological polar surface area (TPSA) is 103 Å². The third kappa shape index (κ3) is 4.80. The highest BCUT2D eigenvalue weighted by atomic mass is 127. The number of nitrogens with zero attached hydrogens (tertiary/aromatic N) is 3. The van der Waals surface area contributed by atoms with Gasteiger partial charge in [-0.25, -0.2) is 4.79 Å². The van der Waals surface area contributed by atoms with Gasteiger partial charge in [0.1, 0.15) is 11.2 Å². The van der Waals surface area contributed by atoms with Crippen LogP contribution in [0, 0.1) is 0 Å². The molecule has 32 heavy (non-hydrogen) atoms. The maximum atomic E-state index is 13.6. The number of halogens is 1. The number of fused-ring (bicyclic) bond motifs is 1. The van der Waals surface area contributed by atoms with Crippen molar-refractivity contribution in [2.24, 2.45) is 0 Å². The Morgan fingerprint density at radius 3 is 2.62 bits per heavy atom. The third-order valence-corrected chi connectivity index (χ3v) is 6.17. The molecular formula is C22H27IN4O5. The molecule has 9 nitrogen and oxygen atoms in total. The fourth-order valence-electron chi connectivity index (χ4n) is 3.63. The number of hydrogen-bond donors (Lipinski definition) is 1. The average molecular weight is 554 g/mol. The van der Waals surface area contributed by atoms with E-state index in [-0.39, 0.29) is 30.4 Å². The van der Waals surface area contributed by atoms with Crippen LogP contribution in [-0.4, -0.2) is 60.0 Å². The largest absolute Gasteiger partial charge is 0.461 e. The van der Waals surface area contributed by atoms with Crippen LogP contribution in [-0.2, 0) is 25.2 Å². The van der Waals surface area contributed by atoms with Crippen molar-refractivity contribution in [1.82, 2.24) is 15.1 Å². The van der Waals surface area contributed by atoms with Gasteiger partial charge in [0.25, 0.3) is 5.91 Å². The van der Waals surface area contributed by atoms with Crippen LogP contribution >= 0.6 is 22.6 Å². The Hall–Kier alpha value is -2.47. The Bertz CT molecular complexity index is 991. The molecule has 0 saturated carbocycles. The number of carbonyl (C=O) groups is 3. The first-order valence-electron chi connectivity index (χ1n) is 10.4. The average Bonchev–Trinajstić information content (AvgIpc) is 3.21. The summed E-state index contributed by atoms with van der Waals surface area (Å²) in [6.07, 6.45) is 0.649. The molecule has 10 heteroatoms. The molecule has 0 fully saturated rings. The number of benzene rings is 1. The first-order chi connectivity index (χ1) is 15.3. The van der Waals surface area contributed by atoms with Gasteiger partial charge in [-0.3, -0.25) is 19.2 Å². The summed E-state index contributed by atoms with van der Waals surface area (Å²) in [5.41, 5.74) is 0.735. The monoisotopic (exact) mass is 554 g/mol. The zero-order valence-corrected chi connectivity index (χ0v) is 20.5. The lowest BCUT2D eigenvalue weighted by Gasteiger charge is -2.43. The summed E-state index contributed by atoms with van der Waals surface area (Å²) in [6, 6.07) is 8.95. The van der Waals surface area contributed by atoms with E-state index < -0.39 is 17.4 Å². The number of rotatable bonds is 9. The number of esters is 1. The zero-order chi connectivity index (χ0) is 23.3. The van der Waals surface area contributed by atoms with E-state index in [1.165, 1.54) is 15.6 Å². The highest BCUT2D eigenvalue weighted by Crippen LogP contribution is 2.33. The van der Waals surface area contributed by atoms with Crippen molar-refractivity contribution in [3.63, 3.8) is 0 Å². The quantitative estimate of drug-likeness (QED) is 0.221. The number of aromatic nitrogens is 2. The van der Waals surface area contributed by atoms with Crippen LogP contribution in [0.25, 0.3) is 0 Å². The van der Waals surface area contributed by atoms with Gasteiger partial charge in [-0.05, 0) is 38.0 Å². The van der Waals surface area contributed by atoms with Crippen LogP contribution in [0.2, 0.25) is 0 Å². The number of nitrogens with one attached hydrogen (secondary N) is 1. The summed E-state index contributed by atoms with van der Waals surface area (Å²) in [7, 11) is 1.60. The van der Waals surface area contributed by atoms with Crippen molar-refractivity contribution >= 4 is 46.1 Å². The minimum atomic E-state index is -1.25. The SMILES string of the molecule is CCOC(=O)c1cc2n(n1)CC(C)(C(=O)NCCCOC)N(c1ccc(CI)cc1)C2=O. The van der Waals surface area contributed by atoms with E-state index in [0.717, 1.165) is 9.99 Å². The molecule has 0 spiro atoms. The molecule has 172 valence electrons. The Morgan fingerprint density at radius 2 is 2.00 bits per heavy atom. The van der Waals surface area contributed by atoms with Crippen molar-refractivity contribution < 1.29 is 23.9 Å². The fourth-order valence-corrected chi connectivity index (χ4v) is 4.14. The maximum absolute atomic E-state index is 13.6. The van der Waals surface area contributed by atoms with Crippen molar-refractivity contribution in [2.75, 3.05) is 31.8 Å². The number of methoxy groups -OCH3 is 1. The molecule has 1 aromatic heterocycles. The molecule has 1 unspecified atom stereocenters. The lowest BCUT2D eigenvalue weighted by molar-refractivity contribution is -0.126. The second-order valence-corrected chi connectivity index (χ2v) is 8.37. The Morgan fingerprint density at radius 1 is 1.28 bits per heavy atom. The Labute approximate surface area is 200 Å². The summed E-state index contributed by atoms with van der Waals surface area (Å²) in [5, 5.41) is 7.16. The smallest absolute Gasteiger partial charge is 0.358 e. The molecule has 0 aliphatic carbocycles. The summed E-state index contributed by atoms with van der Waals surface area (Å²) in [5.74, 6) is -1.32. The summed E-state index contributed by atoms with van der Waals surface area (Å²) < 4.78 is 12.3. The minimum absolute atomic E-state index is 0.0418. The Kier molecular flexibility index (Phi) is 7.88. The van der Waals surface area contributed by atoms with Crippen LogP contribution < -0.4 is 10.2 Å². The standard InChI is InChI=1S/C22H27IN4O5/c1-4-32-20(29)17-12-18-19(28)27(16-8-6-15(13-23)7-9-16)22(2,14-26(18)25-17)21(30)24-10-5-11-31-3/h6-9,12H,4-5,10-11,13-14H2,1-3H3,(H,24,30). The lowest BCUT2D eigenvalue weighted by atomic mass is 9.93. The molecule has 0 radical (unpaired) electrons. The van der Waals surface area contributed by atoms with Crippen LogP contribution in [0.5, 0.6) is 0 Å². The van der Waals surface area contributed by atoms with Crippen molar-refractivity contribution in [1.29, 1.82) is 0 Å². The van der Waals surface area contributed by atoms with Gasteiger partial charge in [0.2, 0.25) is 5.91 Å². The molecule has 1 atom stereocenters. The van der Waals surface area contributed by atoms with Gasteiger partial charge in [0.15, 0.2) is 5.69 Å². The predicted molar refractivity (Wildman–Crippen MR) is 127 cm³/mol.